The van der Waals surface area contributed by atoms with Crippen LogP contribution < -0.4 is 27.2 Å². The standard InChI is InChI=1S/C29H44N6O11.C2HF3O2/c1-12-10-35(23(24(12)41)25(31)42)29(46)21(14(3)37)32-27(44)22(19(40)8-15-4-6-16(38)7-5-15)33-26(43)18-9-17(39)11-34(18)28(45)20(30)13(2)36;3-2(4,5)1(6)7/h4-7,12-14,17-24,36-41H,8-11,30H2,1-3H3,(H2,31,42)(H,32,44)(H,33,43);(H,6,7)/t12-,13?,14?,17+,18-,19+,20-,21-,22-,23-,24-;/m0./s1. The maximum Gasteiger partial charge on any atom is 0.430 e. The van der Waals surface area contributed by atoms with Crippen molar-refractivity contribution in [2.45, 2.75) is 101 Å². The van der Waals surface area contributed by atoms with E-state index in [0.29, 0.717) is 5.56 Å². The highest BCUT2D eigenvalue weighted by Crippen LogP contribution is 2.25. The summed E-state index contributed by atoms with van der Waals surface area (Å²) in [5.74, 6) is -8.31. The highest BCUT2D eigenvalue weighted by Gasteiger charge is 2.48. The number of phenolic OH excluding ortho intramolecular Hbond substituents is 1. The first-order chi connectivity index (χ1) is 24.4. The largest absolute Gasteiger partial charge is 0.542 e. The average Bonchev–Trinajstić information content (AvgIpc) is 3.60. The molecular weight excluding hydrogens is 721 g/mol. The van der Waals surface area contributed by atoms with Crippen molar-refractivity contribution < 1.29 is 83.4 Å². The van der Waals surface area contributed by atoms with E-state index >= 15 is 0 Å². The van der Waals surface area contributed by atoms with Crippen LogP contribution in [-0.2, 0) is 35.2 Å². The van der Waals surface area contributed by atoms with Crippen LogP contribution in [0, 0.1) is 5.92 Å². The van der Waals surface area contributed by atoms with E-state index in [4.69, 9.17) is 15.6 Å². The number of benzene rings is 1. The van der Waals surface area contributed by atoms with Crippen LogP contribution in [-0.4, -0.2) is 156 Å². The number of carboxylic acids is 1. The lowest BCUT2D eigenvalue weighted by molar-refractivity contribution is -0.421. The normalized spacial score (nSPS) is 24.8. The number of quaternary nitrogens is 1. The van der Waals surface area contributed by atoms with Crippen molar-refractivity contribution in [1.82, 2.24) is 20.4 Å². The quantitative estimate of drug-likeness (QED) is 0.0948. The Kier molecular flexibility index (Phi) is 15.5. The highest BCUT2D eigenvalue weighted by molar-refractivity contribution is 5.96. The minimum absolute atomic E-state index is 0.0554. The summed E-state index contributed by atoms with van der Waals surface area (Å²) < 4.78 is 31.5. The molecule has 0 bridgehead atoms. The molecule has 2 saturated heterocycles. The number of aliphatic carboxylic acids is 1. The zero-order valence-electron chi connectivity index (χ0n) is 28.8. The van der Waals surface area contributed by atoms with Gasteiger partial charge in [0.15, 0.2) is 6.04 Å². The lowest BCUT2D eigenvalue weighted by Gasteiger charge is -2.32. The Hall–Kier alpha value is -4.61. The van der Waals surface area contributed by atoms with Crippen LogP contribution >= 0.6 is 0 Å². The van der Waals surface area contributed by atoms with Crippen molar-refractivity contribution in [3.05, 3.63) is 29.8 Å². The number of aliphatic hydroxyl groups is 5. The van der Waals surface area contributed by atoms with E-state index in [0.717, 1.165) is 9.80 Å². The number of carboxylic acid groups (broad SMARTS) is 1. The first-order valence-corrected chi connectivity index (χ1v) is 16.2. The Morgan fingerprint density at radius 1 is 0.943 bits per heavy atom. The van der Waals surface area contributed by atoms with Crippen molar-refractivity contribution >= 4 is 35.5 Å². The number of nitrogens with zero attached hydrogens (tertiary/aromatic N) is 2. The fourth-order valence-electron chi connectivity index (χ4n) is 5.69. The van der Waals surface area contributed by atoms with Crippen LogP contribution in [0.4, 0.5) is 13.2 Å². The molecule has 298 valence electrons. The van der Waals surface area contributed by atoms with Crippen LogP contribution in [0.15, 0.2) is 24.3 Å². The lowest BCUT2D eigenvalue weighted by Crippen LogP contribution is -2.73. The van der Waals surface area contributed by atoms with Gasteiger partial charge >= 0.3 is 6.18 Å². The fourth-order valence-corrected chi connectivity index (χ4v) is 5.69. The Morgan fingerprint density at radius 2 is 1.49 bits per heavy atom. The molecule has 5 amide bonds. The van der Waals surface area contributed by atoms with Crippen molar-refractivity contribution in [3.63, 3.8) is 0 Å². The average molecular weight is 767 g/mol. The highest BCUT2D eigenvalue weighted by atomic mass is 19.4. The second kappa shape index (κ2) is 18.4. The number of primary amides is 1. The zero-order chi connectivity index (χ0) is 40.7. The van der Waals surface area contributed by atoms with Gasteiger partial charge < -0.3 is 72.4 Å². The summed E-state index contributed by atoms with van der Waals surface area (Å²) >= 11 is 0. The van der Waals surface area contributed by atoms with E-state index in [1.807, 2.05) is 0 Å². The van der Waals surface area contributed by atoms with Gasteiger partial charge in [-0.3, -0.25) is 24.0 Å². The van der Waals surface area contributed by atoms with Crippen LogP contribution in [0.25, 0.3) is 0 Å². The number of phenols is 1. The number of aliphatic hydroxyl groups excluding tert-OH is 5. The van der Waals surface area contributed by atoms with Crippen molar-refractivity contribution in [2.24, 2.45) is 11.7 Å². The minimum atomic E-state index is -5.19. The summed E-state index contributed by atoms with van der Waals surface area (Å²) in [7, 11) is 0. The van der Waals surface area contributed by atoms with Gasteiger partial charge in [0.25, 0.3) is 5.91 Å². The molecule has 1 aromatic rings. The lowest BCUT2D eigenvalue weighted by atomic mass is 9.99. The van der Waals surface area contributed by atoms with Gasteiger partial charge in [0.2, 0.25) is 23.6 Å². The third-order valence-corrected chi connectivity index (χ3v) is 8.69. The molecule has 19 nitrogen and oxygen atoms in total. The molecule has 0 saturated carbocycles. The summed E-state index contributed by atoms with van der Waals surface area (Å²) in [6.07, 6.45) is -12.4. The number of nitrogens with one attached hydrogen (secondary N) is 2. The van der Waals surface area contributed by atoms with Gasteiger partial charge in [-0.2, -0.15) is 13.2 Å². The van der Waals surface area contributed by atoms with Crippen LogP contribution in [0.5, 0.6) is 5.75 Å². The molecule has 2 heterocycles. The molecule has 22 heteroatoms. The second-order valence-corrected chi connectivity index (χ2v) is 13.0. The zero-order valence-corrected chi connectivity index (χ0v) is 28.8. The Morgan fingerprint density at radius 3 is 1.96 bits per heavy atom. The van der Waals surface area contributed by atoms with E-state index in [2.05, 4.69) is 16.4 Å². The molecule has 2 unspecified atom stereocenters. The summed E-state index contributed by atoms with van der Waals surface area (Å²) in [6, 6.07) is -1.73. The topological polar surface area (TPSA) is 331 Å². The summed E-state index contributed by atoms with van der Waals surface area (Å²) in [4.78, 5) is 76.5. The number of aromatic hydroxyl groups is 1. The van der Waals surface area contributed by atoms with E-state index in [9.17, 15) is 67.8 Å². The van der Waals surface area contributed by atoms with E-state index in [-0.39, 0.29) is 31.7 Å². The van der Waals surface area contributed by atoms with Gasteiger partial charge in [-0.15, -0.1) is 0 Å². The number of alkyl halides is 3. The first-order valence-electron chi connectivity index (χ1n) is 16.2. The maximum absolute atomic E-state index is 13.7. The molecule has 13 N–H and O–H groups in total. The smallest absolute Gasteiger partial charge is 0.430 e. The summed E-state index contributed by atoms with van der Waals surface area (Å²) in [5.41, 5.74) is 9.48. The van der Waals surface area contributed by atoms with E-state index < -0.39 is 108 Å². The number of halogens is 3. The van der Waals surface area contributed by atoms with Crippen molar-refractivity contribution in [2.75, 3.05) is 13.1 Å². The van der Waals surface area contributed by atoms with Crippen LogP contribution in [0.3, 0.4) is 0 Å². The molecule has 0 spiro atoms. The number of likely N-dealkylation sites (tertiary alicyclic amines) is 2. The van der Waals surface area contributed by atoms with E-state index in [1.54, 1.807) is 6.92 Å². The Bertz CT molecular complexity index is 1480. The number of β-amino-alcohol motifs (C(OH)–C–C–N with tert-alkyl or cyclic N) is 1. The van der Waals surface area contributed by atoms with Gasteiger partial charge in [0, 0.05) is 31.8 Å². The molecule has 0 aromatic heterocycles. The molecule has 53 heavy (non-hydrogen) atoms. The van der Waals surface area contributed by atoms with Gasteiger partial charge in [-0.05, 0) is 31.5 Å². The number of nitrogens with two attached hydrogens (primary N) is 1. The number of hydrogen-bond acceptors (Lipinski definition) is 13. The third kappa shape index (κ3) is 11.7. The molecule has 2 fully saturated rings. The van der Waals surface area contributed by atoms with Crippen molar-refractivity contribution in [3.8, 4) is 5.75 Å². The summed E-state index contributed by atoms with van der Waals surface area (Å²) in [5, 5.41) is 75.4. The fraction of sp³-hybridized carbons (Fsp3) is 0.613. The first kappa shape index (κ1) is 44.6. The number of rotatable bonds is 12. The van der Waals surface area contributed by atoms with Gasteiger partial charge in [-0.25, -0.2) is 0 Å². The monoisotopic (exact) mass is 766 g/mol. The Labute approximate surface area is 300 Å². The van der Waals surface area contributed by atoms with Crippen LogP contribution in [0.1, 0.15) is 32.8 Å². The number of carbonyl (C=O) groups is 6. The molecule has 2 aliphatic rings. The molecule has 1 aromatic carbocycles. The minimum Gasteiger partial charge on any atom is -0.542 e. The Balaban J connectivity index is 0.00000126. The maximum atomic E-state index is 13.7. The predicted octanol–water partition coefficient (Wildman–Crippen LogP) is -6.41. The van der Waals surface area contributed by atoms with Gasteiger partial charge in [-0.1, -0.05) is 19.1 Å². The molecule has 2 aliphatic heterocycles. The molecule has 0 radical (unpaired) electrons. The second-order valence-electron chi connectivity index (χ2n) is 13.0. The number of hydrogen-bond donors (Lipinski definition) is 10. The van der Waals surface area contributed by atoms with Gasteiger partial charge in [0.1, 0.15) is 42.0 Å². The van der Waals surface area contributed by atoms with Crippen molar-refractivity contribution in [1.29, 1.82) is 0 Å². The van der Waals surface area contributed by atoms with E-state index in [1.165, 1.54) is 38.1 Å². The molecular formula is C31H45F3N6O13. The number of carbonyl (C=O) groups excluding carboxylic acids is 6. The molecule has 3 rings (SSSR count). The van der Waals surface area contributed by atoms with Gasteiger partial charge in [0.05, 0.1) is 24.4 Å². The number of amides is 5. The molecule has 11 atom stereocenters. The summed E-state index contributed by atoms with van der Waals surface area (Å²) in [6.45, 7) is 3.76. The SMILES string of the molecule is CC(O)[C@H]([NH3+])C(=O)N1C[C@H](O)C[C@H]1C(=O)N[C@H](C(=O)N[C@H](C(=O)N1C[C@H](C)[C@H](O)[C@H]1C(N)=O)C(C)O)[C@H](O)Cc1ccc(O)cc1.O=C([O-])C(F)(F)F. The molecule has 0 aliphatic carbocycles. The van der Waals surface area contributed by atoms with Crippen LogP contribution in [0.2, 0.25) is 0 Å². The predicted molar refractivity (Wildman–Crippen MR) is 169 cm³/mol. The third-order valence-electron chi connectivity index (χ3n) is 8.69.